The maximum atomic E-state index is 9.37. The first-order chi connectivity index (χ1) is 8.16. The quantitative estimate of drug-likeness (QED) is 0.879. The van der Waals surface area contributed by atoms with Crippen molar-refractivity contribution in [3.8, 4) is 5.75 Å². The van der Waals surface area contributed by atoms with Gasteiger partial charge in [0, 0.05) is 5.41 Å². The molecule has 1 aliphatic carbocycles. The van der Waals surface area contributed by atoms with Gasteiger partial charge in [0.15, 0.2) is 5.82 Å². The molecule has 17 heavy (non-hydrogen) atoms. The van der Waals surface area contributed by atoms with Crippen molar-refractivity contribution in [1.82, 2.24) is 10.1 Å². The minimum Gasteiger partial charge on any atom is -0.508 e. The zero-order chi connectivity index (χ0) is 11.9. The number of aromatic hydroxyl groups is 1. The predicted molar refractivity (Wildman–Crippen MR) is 61.8 cm³/mol. The number of hydrogen-bond donors (Lipinski definition) is 1. The summed E-state index contributed by atoms with van der Waals surface area (Å²) in [6.45, 7) is 2.15. The van der Waals surface area contributed by atoms with Crippen LogP contribution in [0.15, 0.2) is 28.8 Å². The second-order valence-corrected chi connectivity index (χ2v) is 4.92. The molecule has 1 aromatic heterocycles. The molecule has 0 amide bonds. The molecule has 1 N–H and O–H groups in total. The van der Waals surface area contributed by atoms with E-state index in [1.807, 2.05) is 12.1 Å². The van der Waals surface area contributed by atoms with E-state index >= 15 is 0 Å². The van der Waals surface area contributed by atoms with Crippen molar-refractivity contribution in [3.63, 3.8) is 0 Å². The summed E-state index contributed by atoms with van der Waals surface area (Å²) in [6, 6.07) is 7.10. The summed E-state index contributed by atoms with van der Waals surface area (Å²) in [7, 11) is 0. The highest BCUT2D eigenvalue weighted by molar-refractivity contribution is 5.28. The van der Waals surface area contributed by atoms with Crippen molar-refractivity contribution in [2.45, 2.75) is 31.6 Å². The number of phenols is 1. The molecule has 88 valence electrons. The number of rotatable bonds is 3. The second-order valence-electron chi connectivity index (χ2n) is 4.92. The third kappa shape index (κ3) is 2.02. The molecule has 1 fully saturated rings. The zero-order valence-corrected chi connectivity index (χ0v) is 9.68. The van der Waals surface area contributed by atoms with Crippen molar-refractivity contribution in [1.29, 1.82) is 0 Å². The SMILES string of the molecule is CC1(c2noc(Cc3cccc(O)c3)n2)CC1. The molecule has 1 saturated carbocycles. The summed E-state index contributed by atoms with van der Waals surface area (Å²) in [5.41, 5.74) is 1.11. The van der Waals surface area contributed by atoms with Crippen LogP contribution in [-0.4, -0.2) is 15.2 Å². The van der Waals surface area contributed by atoms with Crippen LogP contribution in [0, 0.1) is 0 Å². The van der Waals surface area contributed by atoms with Gasteiger partial charge in [-0.15, -0.1) is 0 Å². The van der Waals surface area contributed by atoms with E-state index in [0.29, 0.717) is 12.3 Å². The molecule has 1 heterocycles. The summed E-state index contributed by atoms with van der Waals surface area (Å²) in [5.74, 6) is 1.68. The van der Waals surface area contributed by atoms with Crippen molar-refractivity contribution < 1.29 is 9.63 Å². The number of benzene rings is 1. The van der Waals surface area contributed by atoms with Gasteiger partial charge in [-0.3, -0.25) is 0 Å². The van der Waals surface area contributed by atoms with Crippen molar-refractivity contribution >= 4 is 0 Å². The van der Waals surface area contributed by atoms with E-state index < -0.39 is 0 Å². The molecule has 1 aliphatic rings. The largest absolute Gasteiger partial charge is 0.508 e. The molecule has 1 aromatic carbocycles. The van der Waals surface area contributed by atoms with Gasteiger partial charge in [0.25, 0.3) is 0 Å². The second kappa shape index (κ2) is 3.58. The summed E-state index contributed by atoms with van der Waals surface area (Å²) in [4.78, 5) is 4.41. The molecule has 3 rings (SSSR count). The minimum absolute atomic E-state index is 0.139. The van der Waals surface area contributed by atoms with Crippen molar-refractivity contribution in [3.05, 3.63) is 41.5 Å². The van der Waals surface area contributed by atoms with E-state index in [4.69, 9.17) is 4.52 Å². The number of phenolic OH excluding ortho intramolecular Hbond substituents is 1. The van der Waals surface area contributed by atoms with Crippen molar-refractivity contribution in [2.75, 3.05) is 0 Å². The monoisotopic (exact) mass is 230 g/mol. The maximum Gasteiger partial charge on any atom is 0.231 e. The third-order valence-electron chi connectivity index (χ3n) is 3.27. The normalized spacial score (nSPS) is 17.0. The Balaban J connectivity index is 1.79. The Hall–Kier alpha value is -1.84. The smallest absolute Gasteiger partial charge is 0.231 e. The Morgan fingerprint density at radius 2 is 2.24 bits per heavy atom. The molecule has 0 aliphatic heterocycles. The van der Waals surface area contributed by atoms with Crippen LogP contribution < -0.4 is 0 Å². The lowest BCUT2D eigenvalue weighted by molar-refractivity contribution is 0.375. The van der Waals surface area contributed by atoms with E-state index in [0.717, 1.165) is 24.2 Å². The van der Waals surface area contributed by atoms with Gasteiger partial charge in [-0.1, -0.05) is 24.2 Å². The molecule has 0 spiro atoms. The summed E-state index contributed by atoms with van der Waals surface area (Å²) < 4.78 is 5.23. The lowest BCUT2D eigenvalue weighted by Gasteiger charge is -1.98. The minimum atomic E-state index is 0.139. The highest BCUT2D eigenvalue weighted by Crippen LogP contribution is 2.45. The van der Waals surface area contributed by atoms with Crippen LogP contribution in [0.3, 0.4) is 0 Å². The molecule has 0 bridgehead atoms. The highest BCUT2D eigenvalue weighted by atomic mass is 16.5. The standard InChI is InChI=1S/C13H14N2O2/c1-13(5-6-13)12-14-11(17-15-12)8-9-3-2-4-10(16)7-9/h2-4,7,16H,5-6,8H2,1H3. The van der Waals surface area contributed by atoms with Crippen molar-refractivity contribution in [2.24, 2.45) is 0 Å². The Bertz CT molecular complexity index is 544. The Kier molecular flexibility index (Phi) is 2.18. The lowest BCUT2D eigenvalue weighted by Crippen LogP contribution is -2.02. The molecular weight excluding hydrogens is 216 g/mol. The van der Waals surface area contributed by atoms with Gasteiger partial charge in [0.2, 0.25) is 5.89 Å². The van der Waals surface area contributed by atoms with Crippen LogP contribution >= 0.6 is 0 Å². The van der Waals surface area contributed by atoms with Gasteiger partial charge in [-0.25, -0.2) is 0 Å². The fourth-order valence-electron chi connectivity index (χ4n) is 1.82. The number of nitrogens with zero attached hydrogens (tertiary/aromatic N) is 2. The fraction of sp³-hybridized carbons (Fsp3) is 0.385. The Morgan fingerprint density at radius 1 is 1.41 bits per heavy atom. The van der Waals surface area contributed by atoms with E-state index in [1.54, 1.807) is 12.1 Å². The lowest BCUT2D eigenvalue weighted by atomic mass is 10.1. The van der Waals surface area contributed by atoms with E-state index in [2.05, 4.69) is 17.1 Å². The molecule has 4 heteroatoms. The van der Waals surface area contributed by atoms with Crippen LogP contribution in [-0.2, 0) is 11.8 Å². The summed E-state index contributed by atoms with van der Waals surface area (Å²) >= 11 is 0. The van der Waals surface area contributed by atoms with Gasteiger partial charge in [-0.2, -0.15) is 4.98 Å². The Morgan fingerprint density at radius 3 is 2.94 bits per heavy atom. The average Bonchev–Trinajstić information content (AvgIpc) is 2.87. The van der Waals surface area contributed by atoms with E-state index in [1.165, 1.54) is 0 Å². The first kappa shape index (κ1) is 10.3. The third-order valence-corrected chi connectivity index (χ3v) is 3.27. The molecule has 0 saturated heterocycles. The molecule has 0 unspecified atom stereocenters. The van der Waals surface area contributed by atoms with Gasteiger partial charge in [0.05, 0.1) is 6.42 Å². The van der Waals surface area contributed by atoms with Crippen LogP contribution in [0.2, 0.25) is 0 Å². The topological polar surface area (TPSA) is 59.2 Å². The molecule has 0 radical (unpaired) electrons. The maximum absolute atomic E-state index is 9.37. The molecule has 0 atom stereocenters. The average molecular weight is 230 g/mol. The summed E-state index contributed by atoms with van der Waals surface area (Å²) in [5, 5.41) is 13.4. The highest BCUT2D eigenvalue weighted by Gasteiger charge is 2.43. The van der Waals surface area contributed by atoms with Gasteiger partial charge in [0.1, 0.15) is 5.75 Å². The number of aromatic nitrogens is 2. The summed E-state index contributed by atoms with van der Waals surface area (Å²) in [6.07, 6.45) is 2.84. The van der Waals surface area contributed by atoms with Gasteiger partial charge >= 0.3 is 0 Å². The van der Waals surface area contributed by atoms with Crippen LogP contribution in [0.4, 0.5) is 0 Å². The first-order valence-electron chi connectivity index (χ1n) is 5.77. The molecule has 2 aromatic rings. The van der Waals surface area contributed by atoms with Gasteiger partial charge < -0.3 is 9.63 Å². The fourth-order valence-corrected chi connectivity index (χ4v) is 1.82. The zero-order valence-electron chi connectivity index (χ0n) is 9.68. The van der Waals surface area contributed by atoms with Crippen LogP contribution in [0.5, 0.6) is 5.75 Å². The molecular formula is C13H14N2O2. The van der Waals surface area contributed by atoms with Gasteiger partial charge in [-0.05, 0) is 30.5 Å². The predicted octanol–water partition coefficient (Wildman–Crippen LogP) is 2.42. The van der Waals surface area contributed by atoms with Crippen LogP contribution in [0.1, 0.15) is 37.0 Å². The molecule has 4 nitrogen and oxygen atoms in total. The van der Waals surface area contributed by atoms with E-state index in [-0.39, 0.29) is 11.2 Å². The number of hydrogen-bond acceptors (Lipinski definition) is 4. The first-order valence-corrected chi connectivity index (χ1v) is 5.77. The van der Waals surface area contributed by atoms with E-state index in [9.17, 15) is 5.11 Å². The Labute approximate surface area is 99.3 Å². The van der Waals surface area contributed by atoms with Crippen LogP contribution in [0.25, 0.3) is 0 Å².